The van der Waals surface area contributed by atoms with Crippen LogP contribution in [0.1, 0.15) is 12.5 Å². The van der Waals surface area contributed by atoms with E-state index in [0.29, 0.717) is 5.69 Å². The second-order valence-electron chi connectivity index (χ2n) is 5.39. The molecule has 2 heterocycles. The minimum absolute atomic E-state index is 0.124. The molecule has 3 N–H and O–H groups in total. The number of amides is 2. The predicted molar refractivity (Wildman–Crippen MR) is 89.5 cm³/mol. The molecule has 2 rings (SSSR count). The minimum Gasteiger partial charge on any atom is -0.384 e. The molecule has 2 aromatic heterocycles. The molecule has 0 bridgehead atoms. The van der Waals surface area contributed by atoms with Gasteiger partial charge in [-0.15, -0.1) is 0 Å². The standard InChI is InChI=1S/C15H20N4O2S/c1-15(21,11-6-7-22-9-11)10-17-14(20)18-12-4-5-13(16-8-12)19(2)3/h4-9,21H,10H2,1-3H3,(H2,17,18,20)/t15-/m1/s1. The summed E-state index contributed by atoms with van der Waals surface area (Å²) >= 11 is 1.51. The van der Waals surface area contributed by atoms with E-state index in [9.17, 15) is 9.90 Å². The summed E-state index contributed by atoms with van der Waals surface area (Å²) < 4.78 is 0. The van der Waals surface area contributed by atoms with Crippen LogP contribution in [-0.4, -0.2) is 36.8 Å². The number of anilines is 2. The van der Waals surface area contributed by atoms with Crippen molar-refractivity contribution in [2.24, 2.45) is 0 Å². The van der Waals surface area contributed by atoms with E-state index in [0.717, 1.165) is 11.4 Å². The number of aliphatic hydroxyl groups is 1. The van der Waals surface area contributed by atoms with Crippen molar-refractivity contribution in [2.75, 3.05) is 30.9 Å². The Morgan fingerprint density at radius 1 is 1.41 bits per heavy atom. The number of carbonyl (C=O) groups is 1. The van der Waals surface area contributed by atoms with Gasteiger partial charge in [0.1, 0.15) is 11.4 Å². The van der Waals surface area contributed by atoms with E-state index in [1.165, 1.54) is 11.3 Å². The molecule has 0 radical (unpaired) electrons. The van der Waals surface area contributed by atoms with Crippen molar-refractivity contribution < 1.29 is 9.90 Å². The summed E-state index contributed by atoms with van der Waals surface area (Å²) in [5, 5.41) is 19.4. The first-order valence-electron chi connectivity index (χ1n) is 6.82. The van der Waals surface area contributed by atoms with Crippen molar-refractivity contribution in [3.8, 4) is 0 Å². The van der Waals surface area contributed by atoms with Crippen LogP contribution < -0.4 is 15.5 Å². The van der Waals surface area contributed by atoms with Crippen molar-refractivity contribution in [1.82, 2.24) is 10.3 Å². The molecule has 0 saturated carbocycles. The van der Waals surface area contributed by atoms with Gasteiger partial charge in [-0.25, -0.2) is 9.78 Å². The molecule has 118 valence electrons. The lowest BCUT2D eigenvalue weighted by Gasteiger charge is -2.22. The van der Waals surface area contributed by atoms with Crippen LogP contribution in [0.15, 0.2) is 35.2 Å². The van der Waals surface area contributed by atoms with Crippen molar-refractivity contribution in [3.05, 3.63) is 40.7 Å². The number of hydrogen-bond acceptors (Lipinski definition) is 5. The highest BCUT2D eigenvalue weighted by molar-refractivity contribution is 7.08. The third-order valence-electron chi connectivity index (χ3n) is 3.20. The summed E-state index contributed by atoms with van der Waals surface area (Å²) in [6.45, 7) is 1.79. The molecule has 0 saturated heterocycles. The third-order valence-corrected chi connectivity index (χ3v) is 3.88. The highest BCUT2D eigenvalue weighted by Gasteiger charge is 2.24. The average Bonchev–Trinajstić information content (AvgIpc) is 3.01. The molecule has 1 atom stereocenters. The third kappa shape index (κ3) is 4.19. The maximum atomic E-state index is 11.9. The van der Waals surface area contributed by atoms with E-state index in [1.54, 1.807) is 19.2 Å². The van der Waals surface area contributed by atoms with E-state index in [4.69, 9.17) is 0 Å². The summed E-state index contributed by atoms with van der Waals surface area (Å²) in [5.41, 5.74) is 0.290. The Kier molecular flexibility index (Phi) is 4.99. The lowest BCUT2D eigenvalue weighted by Crippen LogP contribution is -2.40. The van der Waals surface area contributed by atoms with Crippen molar-refractivity contribution in [3.63, 3.8) is 0 Å². The lowest BCUT2D eigenvalue weighted by atomic mass is 9.99. The first-order valence-corrected chi connectivity index (χ1v) is 7.76. The van der Waals surface area contributed by atoms with Gasteiger partial charge in [0.05, 0.1) is 18.4 Å². The first-order chi connectivity index (χ1) is 10.4. The quantitative estimate of drug-likeness (QED) is 0.789. The van der Waals surface area contributed by atoms with E-state index in [2.05, 4.69) is 15.6 Å². The number of nitrogens with zero attached hydrogens (tertiary/aromatic N) is 2. The van der Waals surface area contributed by atoms with Gasteiger partial charge in [0.2, 0.25) is 0 Å². The number of nitrogens with one attached hydrogen (secondary N) is 2. The number of urea groups is 1. The van der Waals surface area contributed by atoms with Gasteiger partial charge in [-0.1, -0.05) is 0 Å². The Morgan fingerprint density at radius 3 is 2.73 bits per heavy atom. The summed E-state index contributed by atoms with van der Waals surface area (Å²) in [6.07, 6.45) is 1.59. The minimum atomic E-state index is -1.09. The fourth-order valence-electron chi connectivity index (χ4n) is 1.83. The van der Waals surface area contributed by atoms with Gasteiger partial charge in [0, 0.05) is 14.1 Å². The molecule has 22 heavy (non-hydrogen) atoms. The molecule has 7 heteroatoms. The predicted octanol–water partition coefficient (Wildman–Crippen LogP) is 2.24. The molecule has 0 aromatic carbocycles. The van der Waals surface area contributed by atoms with Crippen molar-refractivity contribution in [1.29, 1.82) is 0 Å². The van der Waals surface area contributed by atoms with Crippen LogP contribution in [0.4, 0.5) is 16.3 Å². The number of thiophene rings is 1. The zero-order chi connectivity index (χ0) is 16.2. The zero-order valence-corrected chi connectivity index (χ0v) is 13.6. The highest BCUT2D eigenvalue weighted by Crippen LogP contribution is 2.22. The molecule has 0 unspecified atom stereocenters. The normalized spacial score (nSPS) is 13.3. The number of carbonyl (C=O) groups excluding carboxylic acids is 1. The van der Waals surface area contributed by atoms with Crippen molar-refractivity contribution >= 4 is 28.9 Å². The molecule has 2 aromatic rings. The molecule has 6 nitrogen and oxygen atoms in total. The van der Waals surface area contributed by atoms with Gasteiger partial charge < -0.3 is 20.6 Å². The van der Waals surface area contributed by atoms with Crippen molar-refractivity contribution in [2.45, 2.75) is 12.5 Å². The fraction of sp³-hybridized carbons (Fsp3) is 0.333. The number of aromatic nitrogens is 1. The number of pyridine rings is 1. The van der Waals surface area contributed by atoms with Gasteiger partial charge in [-0.2, -0.15) is 11.3 Å². The average molecular weight is 320 g/mol. The molecular formula is C15H20N4O2S. The van der Waals surface area contributed by atoms with Crippen LogP contribution in [0, 0.1) is 0 Å². The molecular weight excluding hydrogens is 300 g/mol. The largest absolute Gasteiger partial charge is 0.384 e. The Balaban J connectivity index is 1.88. The Morgan fingerprint density at radius 2 is 2.18 bits per heavy atom. The Labute approximate surface area is 133 Å². The van der Waals surface area contributed by atoms with Crippen LogP contribution in [0.5, 0.6) is 0 Å². The van der Waals surface area contributed by atoms with Crippen LogP contribution >= 0.6 is 11.3 Å². The molecule has 0 aliphatic carbocycles. The Bertz CT molecular complexity index is 609. The summed E-state index contributed by atoms with van der Waals surface area (Å²) in [5.74, 6) is 0.811. The maximum Gasteiger partial charge on any atom is 0.319 e. The summed E-state index contributed by atoms with van der Waals surface area (Å²) in [6, 6.07) is 5.06. The molecule has 0 spiro atoms. The molecule has 0 aliphatic heterocycles. The van der Waals surface area contributed by atoms with Crippen LogP contribution in [0.25, 0.3) is 0 Å². The summed E-state index contributed by atoms with van der Waals surface area (Å²) in [7, 11) is 3.79. The fourth-order valence-corrected chi connectivity index (χ4v) is 2.61. The van der Waals surface area contributed by atoms with Crippen LogP contribution in [0.2, 0.25) is 0 Å². The van der Waals surface area contributed by atoms with E-state index < -0.39 is 5.60 Å². The second kappa shape index (κ2) is 6.76. The first kappa shape index (κ1) is 16.3. The second-order valence-corrected chi connectivity index (χ2v) is 6.17. The van der Waals surface area contributed by atoms with Gasteiger partial charge in [0.15, 0.2) is 0 Å². The van der Waals surface area contributed by atoms with E-state index in [-0.39, 0.29) is 12.6 Å². The van der Waals surface area contributed by atoms with Gasteiger partial charge in [-0.3, -0.25) is 0 Å². The molecule has 0 aliphatic rings. The van der Waals surface area contributed by atoms with Crippen LogP contribution in [-0.2, 0) is 5.60 Å². The summed E-state index contributed by atoms with van der Waals surface area (Å²) in [4.78, 5) is 18.0. The van der Waals surface area contributed by atoms with E-state index >= 15 is 0 Å². The van der Waals surface area contributed by atoms with Gasteiger partial charge >= 0.3 is 6.03 Å². The zero-order valence-electron chi connectivity index (χ0n) is 12.8. The highest BCUT2D eigenvalue weighted by atomic mass is 32.1. The molecule has 2 amide bonds. The smallest absolute Gasteiger partial charge is 0.319 e. The number of rotatable bonds is 5. The van der Waals surface area contributed by atoms with Gasteiger partial charge in [-0.05, 0) is 41.4 Å². The SMILES string of the molecule is CN(C)c1ccc(NC(=O)NC[C@@](C)(O)c2ccsc2)cn1. The molecule has 0 fully saturated rings. The van der Waals surface area contributed by atoms with E-state index in [1.807, 2.05) is 41.9 Å². The van der Waals surface area contributed by atoms with Crippen LogP contribution in [0.3, 0.4) is 0 Å². The van der Waals surface area contributed by atoms with Gasteiger partial charge in [0.25, 0.3) is 0 Å². The Hall–Kier alpha value is -2.12. The maximum absolute atomic E-state index is 11.9. The monoisotopic (exact) mass is 320 g/mol. The number of hydrogen-bond donors (Lipinski definition) is 3. The lowest BCUT2D eigenvalue weighted by molar-refractivity contribution is 0.0604. The topological polar surface area (TPSA) is 77.5 Å².